The van der Waals surface area contributed by atoms with Gasteiger partial charge in [0.15, 0.2) is 0 Å². The first-order valence-corrected chi connectivity index (χ1v) is 6.82. The number of hydrogen-bond donors (Lipinski definition) is 1. The van der Waals surface area contributed by atoms with Crippen LogP contribution in [-0.4, -0.2) is 35.4 Å². The summed E-state index contributed by atoms with van der Waals surface area (Å²) < 4.78 is 0. The molecule has 1 amide bonds. The van der Waals surface area contributed by atoms with Gasteiger partial charge in [-0.25, -0.2) is 0 Å². The Balaban J connectivity index is 2.01. The molecule has 0 saturated carbocycles. The monoisotopic (exact) mass is 288 g/mol. The maximum absolute atomic E-state index is 12.0. The molecule has 0 unspecified atom stereocenters. The Bertz CT molecular complexity index is 588. The molecule has 1 aliphatic rings. The van der Waals surface area contributed by atoms with Crippen molar-refractivity contribution in [3.8, 4) is 6.07 Å². The van der Waals surface area contributed by atoms with Crippen LogP contribution in [0.25, 0.3) is 0 Å². The number of piperidine rings is 1. The molecule has 0 spiro atoms. The number of likely N-dealkylation sites (tertiary alicyclic amines) is 1. The van der Waals surface area contributed by atoms with Gasteiger partial charge in [-0.3, -0.25) is 14.9 Å². The minimum atomic E-state index is -0.552. The number of amides is 1. The van der Waals surface area contributed by atoms with Gasteiger partial charge in [0.05, 0.1) is 22.7 Å². The first-order chi connectivity index (χ1) is 10.1. The number of nitriles is 1. The number of nitro benzene ring substituents is 1. The van der Waals surface area contributed by atoms with Gasteiger partial charge in [-0.05, 0) is 25.3 Å². The molecule has 2 rings (SSSR count). The number of nitro groups is 1. The molecule has 21 heavy (non-hydrogen) atoms. The molecule has 7 heteroatoms. The second kappa shape index (κ2) is 6.70. The van der Waals surface area contributed by atoms with E-state index in [1.165, 1.54) is 18.2 Å². The van der Waals surface area contributed by atoms with Gasteiger partial charge in [-0.2, -0.15) is 5.26 Å². The molecule has 1 fully saturated rings. The highest BCUT2D eigenvalue weighted by molar-refractivity contribution is 5.81. The number of non-ortho nitro benzene ring substituents is 1. The van der Waals surface area contributed by atoms with Crippen molar-refractivity contribution in [2.45, 2.75) is 19.3 Å². The summed E-state index contributed by atoms with van der Waals surface area (Å²) in [5.41, 5.74) is 0.462. The Morgan fingerprint density at radius 2 is 2.10 bits per heavy atom. The number of hydrogen-bond acceptors (Lipinski definition) is 5. The van der Waals surface area contributed by atoms with Crippen LogP contribution in [0, 0.1) is 21.4 Å². The summed E-state index contributed by atoms with van der Waals surface area (Å²) in [6.07, 6.45) is 3.19. The topological polar surface area (TPSA) is 99.3 Å². The highest BCUT2D eigenvalue weighted by atomic mass is 16.6. The van der Waals surface area contributed by atoms with Crippen LogP contribution in [0.5, 0.6) is 0 Å². The molecule has 0 aromatic heterocycles. The normalized spacial score (nSPS) is 14.3. The number of anilines is 1. The predicted molar refractivity (Wildman–Crippen MR) is 76.7 cm³/mol. The fourth-order valence-corrected chi connectivity index (χ4v) is 2.32. The smallest absolute Gasteiger partial charge is 0.270 e. The Morgan fingerprint density at radius 3 is 2.71 bits per heavy atom. The van der Waals surface area contributed by atoms with Gasteiger partial charge >= 0.3 is 0 Å². The van der Waals surface area contributed by atoms with E-state index in [0.29, 0.717) is 5.69 Å². The van der Waals surface area contributed by atoms with Crippen molar-refractivity contribution in [2.24, 2.45) is 0 Å². The summed E-state index contributed by atoms with van der Waals surface area (Å²) in [7, 11) is 0. The quantitative estimate of drug-likeness (QED) is 0.673. The SMILES string of the molecule is N#Cc1cc([N+](=O)[O-])ccc1NCC(=O)N1CCCCC1. The van der Waals surface area contributed by atoms with Crippen molar-refractivity contribution in [1.82, 2.24) is 4.90 Å². The second-order valence-electron chi connectivity index (χ2n) is 4.89. The average molecular weight is 288 g/mol. The minimum absolute atomic E-state index is 0.0167. The number of carbonyl (C=O) groups excluding carboxylic acids is 1. The van der Waals surface area contributed by atoms with E-state index in [1.54, 1.807) is 4.90 Å². The number of nitrogens with one attached hydrogen (secondary N) is 1. The molecule has 1 saturated heterocycles. The standard InChI is InChI=1S/C14H16N4O3/c15-9-11-8-12(18(20)21)4-5-13(11)16-10-14(19)17-6-2-1-3-7-17/h4-5,8,16H,1-3,6-7,10H2. The summed E-state index contributed by atoms with van der Waals surface area (Å²) in [5, 5.41) is 22.6. The van der Waals surface area contributed by atoms with E-state index in [-0.39, 0.29) is 23.7 Å². The third kappa shape index (κ3) is 3.69. The lowest BCUT2D eigenvalue weighted by molar-refractivity contribution is -0.384. The van der Waals surface area contributed by atoms with E-state index in [4.69, 9.17) is 5.26 Å². The van der Waals surface area contributed by atoms with E-state index in [1.807, 2.05) is 6.07 Å². The molecule has 0 aliphatic carbocycles. The van der Waals surface area contributed by atoms with Crippen molar-refractivity contribution in [3.63, 3.8) is 0 Å². The molecule has 1 aromatic rings. The maximum atomic E-state index is 12.0. The summed E-state index contributed by atoms with van der Waals surface area (Å²) in [6, 6.07) is 5.88. The molecule has 1 heterocycles. The lowest BCUT2D eigenvalue weighted by atomic mass is 10.1. The number of carbonyl (C=O) groups is 1. The molecule has 0 radical (unpaired) electrons. The Kier molecular flexibility index (Phi) is 4.72. The zero-order valence-corrected chi connectivity index (χ0v) is 11.5. The van der Waals surface area contributed by atoms with Crippen molar-refractivity contribution in [2.75, 3.05) is 25.0 Å². The van der Waals surface area contributed by atoms with Gasteiger partial charge < -0.3 is 10.2 Å². The van der Waals surface area contributed by atoms with Crippen LogP contribution in [-0.2, 0) is 4.79 Å². The van der Waals surface area contributed by atoms with Gasteiger partial charge in [-0.15, -0.1) is 0 Å². The molecule has 110 valence electrons. The molecule has 1 N–H and O–H groups in total. The zero-order chi connectivity index (χ0) is 15.2. The average Bonchev–Trinajstić information content (AvgIpc) is 2.53. The Morgan fingerprint density at radius 1 is 1.38 bits per heavy atom. The van der Waals surface area contributed by atoms with E-state index in [2.05, 4.69) is 5.32 Å². The minimum Gasteiger partial charge on any atom is -0.375 e. The zero-order valence-electron chi connectivity index (χ0n) is 11.5. The van der Waals surface area contributed by atoms with Gasteiger partial charge in [0.2, 0.25) is 5.91 Å². The lowest BCUT2D eigenvalue weighted by Crippen LogP contribution is -2.39. The number of nitrogens with zero attached hydrogens (tertiary/aromatic N) is 3. The molecule has 7 nitrogen and oxygen atoms in total. The van der Waals surface area contributed by atoms with Crippen molar-refractivity contribution in [1.29, 1.82) is 5.26 Å². The van der Waals surface area contributed by atoms with Crippen LogP contribution in [0.1, 0.15) is 24.8 Å². The summed E-state index contributed by atoms with van der Waals surface area (Å²) >= 11 is 0. The van der Waals surface area contributed by atoms with Gasteiger partial charge in [-0.1, -0.05) is 0 Å². The predicted octanol–water partition coefficient (Wildman–Crippen LogP) is 1.89. The first-order valence-electron chi connectivity index (χ1n) is 6.82. The number of benzene rings is 1. The largest absolute Gasteiger partial charge is 0.375 e. The number of rotatable bonds is 4. The molecule has 0 atom stereocenters. The van der Waals surface area contributed by atoms with Gasteiger partial charge in [0, 0.05) is 25.2 Å². The van der Waals surface area contributed by atoms with E-state index in [0.717, 1.165) is 32.4 Å². The molecular weight excluding hydrogens is 272 g/mol. The second-order valence-corrected chi connectivity index (χ2v) is 4.89. The van der Waals surface area contributed by atoms with Crippen LogP contribution >= 0.6 is 0 Å². The fourth-order valence-electron chi connectivity index (χ4n) is 2.32. The highest BCUT2D eigenvalue weighted by Gasteiger charge is 2.17. The van der Waals surface area contributed by atoms with Crippen molar-refractivity contribution < 1.29 is 9.72 Å². The summed E-state index contributed by atoms with van der Waals surface area (Å²) in [4.78, 5) is 23.9. The van der Waals surface area contributed by atoms with Crippen LogP contribution in [0.3, 0.4) is 0 Å². The summed E-state index contributed by atoms with van der Waals surface area (Å²) in [5.74, 6) is -0.0167. The third-order valence-corrected chi connectivity index (χ3v) is 3.47. The first kappa shape index (κ1) is 14.8. The van der Waals surface area contributed by atoms with Crippen LogP contribution in [0.4, 0.5) is 11.4 Å². The maximum Gasteiger partial charge on any atom is 0.270 e. The Hall–Kier alpha value is -2.62. The third-order valence-electron chi connectivity index (χ3n) is 3.47. The molecule has 1 aliphatic heterocycles. The summed E-state index contributed by atoms with van der Waals surface area (Å²) in [6.45, 7) is 1.63. The van der Waals surface area contributed by atoms with E-state index < -0.39 is 4.92 Å². The lowest BCUT2D eigenvalue weighted by Gasteiger charge is -2.27. The van der Waals surface area contributed by atoms with Crippen molar-refractivity contribution >= 4 is 17.3 Å². The highest BCUT2D eigenvalue weighted by Crippen LogP contribution is 2.21. The van der Waals surface area contributed by atoms with Crippen LogP contribution in [0.2, 0.25) is 0 Å². The molecular formula is C14H16N4O3. The van der Waals surface area contributed by atoms with Gasteiger partial charge in [0.1, 0.15) is 6.07 Å². The van der Waals surface area contributed by atoms with E-state index in [9.17, 15) is 14.9 Å². The molecule has 1 aromatic carbocycles. The van der Waals surface area contributed by atoms with Gasteiger partial charge in [0.25, 0.3) is 5.69 Å². The van der Waals surface area contributed by atoms with E-state index >= 15 is 0 Å². The molecule has 0 bridgehead atoms. The fraction of sp³-hybridized carbons (Fsp3) is 0.429. The van der Waals surface area contributed by atoms with Crippen molar-refractivity contribution in [3.05, 3.63) is 33.9 Å². The van der Waals surface area contributed by atoms with Crippen LogP contribution in [0.15, 0.2) is 18.2 Å². The van der Waals surface area contributed by atoms with Crippen LogP contribution < -0.4 is 5.32 Å². The Labute approximate surface area is 122 Å².